The number of amides is 1. The summed E-state index contributed by atoms with van der Waals surface area (Å²) >= 11 is 0. The molecule has 1 N–H and O–H groups in total. The van der Waals surface area contributed by atoms with E-state index in [9.17, 15) is 18.0 Å². The highest BCUT2D eigenvalue weighted by molar-refractivity contribution is 5.98. The lowest BCUT2D eigenvalue weighted by atomic mass is 10.0. The summed E-state index contributed by atoms with van der Waals surface area (Å²) in [5.41, 5.74) is 0.912. The van der Waals surface area contributed by atoms with Crippen LogP contribution in [0, 0.1) is 12.3 Å². The summed E-state index contributed by atoms with van der Waals surface area (Å²) < 4.78 is 38.4. The molecule has 34 heavy (non-hydrogen) atoms. The van der Waals surface area contributed by atoms with E-state index >= 15 is 0 Å². The van der Waals surface area contributed by atoms with E-state index in [1.54, 1.807) is 18.5 Å². The lowest BCUT2D eigenvalue weighted by molar-refractivity contribution is -0.137. The molecule has 1 spiro atoms. The number of hydrogen-bond acceptors (Lipinski definition) is 6. The highest BCUT2D eigenvalue weighted by Crippen LogP contribution is 2.55. The zero-order valence-electron chi connectivity index (χ0n) is 18.5. The molecule has 10 heteroatoms. The van der Waals surface area contributed by atoms with Crippen LogP contribution in [0.4, 0.5) is 19.0 Å². The van der Waals surface area contributed by atoms with Gasteiger partial charge in [-0.1, -0.05) is 0 Å². The van der Waals surface area contributed by atoms with Crippen molar-refractivity contribution < 1.29 is 18.0 Å². The van der Waals surface area contributed by atoms with Gasteiger partial charge < -0.3 is 10.2 Å². The minimum absolute atomic E-state index is 0.114. The van der Waals surface area contributed by atoms with Crippen molar-refractivity contribution in [3.05, 3.63) is 65.9 Å². The molecule has 7 nitrogen and oxygen atoms in total. The second-order valence-corrected chi connectivity index (χ2v) is 9.02. The average molecular weight is 468 g/mol. The fourth-order valence-electron chi connectivity index (χ4n) is 4.49. The van der Waals surface area contributed by atoms with E-state index in [-0.39, 0.29) is 17.4 Å². The molecule has 0 bridgehead atoms. The predicted molar refractivity (Wildman–Crippen MR) is 119 cm³/mol. The Bertz CT molecular complexity index is 1200. The number of rotatable bonds is 5. The van der Waals surface area contributed by atoms with Crippen molar-refractivity contribution in [2.24, 2.45) is 5.41 Å². The van der Waals surface area contributed by atoms with Crippen LogP contribution in [-0.2, 0) is 6.18 Å². The summed E-state index contributed by atoms with van der Waals surface area (Å²) in [5, 5.41) is 3.11. The highest BCUT2D eigenvalue weighted by atomic mass is 19.4. The molecule has 176 valence electrons. The molecule has 1 amide bonds. The monoisotopic (exact) mass is 468 g/mol. The van der Waals surface area contributed by atoms with E-state index in [0.29, 0.717) is 41.7 Å². The third kappa shape index (κ3) is 4.44. The Morgan fingerprint density at radius 1 is 1.15 bits per heavy atom. The lowest BCUT2D eigenvalue weighted by Gasteiger charge is -2.25. The Morgan fingerprint density at radius 3 is 2.56 bits per heavy atom. The van der Waals surface area contributed by atoms with E-state index < -0.39 is 11.7 Å². The molecule has 3 aromatic heterocycles. The predicted octanol–water partition coefficient (Wildman–Crippen LogP) is 4.37. The number of aromatic nitrogens is 4. The SMILES string of the molecule is Cc1ccc(-c2ncccn2)c(C(=O)N2CC3(CC3)C[C@H]2CNc2ccc(C(F)(F)F)cn2)n1. The van der Waals surface area contributed by atoms with Crippen LogP contribution in [0.15, 0.2) is 48.9 Å². The van der Waals surface area contributed by atoms with E-state index in [4.69, 9.17) is 0 Å². The Labute approximate surface area is 194 Å². The average Bonchev–Trinajstić information content (AvgIpc) is 3.48. The number of nitrogens with one attached hydrogen (secondary N) is 1. The second-order valence-electron chi connectivity index (χ2n) is 9.02. The molecule has 1 atom stereocenters. The fourth-order valence-corrected chi connectivity index (χ4v) is 4.49. The molecular formula is C24H23F3N6O. The Hall–Kier alpha value is -3.56. The van der Waals surface area contributed by atoms with Gasteiger partial charge in [-0.3, -0.25) is 4.79 Å². The third-order valence-corrected chi connectivity index (χ3v) is 6.49. The largest absolute Gasteiger partial charge is 0.417 e. The minimum Gasteiger partial charge on any atom is -0.368 e. The van der Waals surface area contributed by atoms with E-state index in [1.807, 2.05) is 24.0 Å². The van der Waals surface area contributed by atoms with Crippen molar-refractivity contribution in [2.45, 2.75) is 38.4 Å². The van der Waals surface area contributed by atoms with Gasteiger partial charge in [-0.15, -0.1) is 0 Å². The Morgan fingerprint density at radius 2 is 1.91 bits per heavy atom. The summed E-state index contributed by atoms with van der Waals surface area (Å²) in [4.78, 5) is 32.6. The Kier molecular flexibility index (Phi) is 5.45. The highest BCUT2D eigenvalue weighted by Gasteiger charge is 2.53. The van der Waals surface area contributed by atoms with Crippen LogP contribution >= 0.6 is 0 Å². The first-order valence-electron chi connectivity index (χ1n) is 11.1. The molecule has 4 heterocycles. The molecule has 0 radical (unpaired) electrons. The lowest BCUT2D eigenvalue weighted by Crippen LogP contribution is -2.40. The van der Waals surface area contributed by atoms with Crippen molar-refractivity contribution in [1.82, 2.24) is 24.8 Å². The van der Waals surface area contributed by atoms with Gasteiger partial charge in [0.2, 0.25) is 0 Å². The molecule has 2 fully saturated rings. The van der Waals surface area contributed by atoms with Crippen LogP contribution in [0.1, 0.15) is 41.0 Å². The van der Waals surface area contributed by atoms with Gasteiger partial charge in [0.25, 0.3) is 5.91 Å². The van der Waals surface area contributed by atoms with E-state index in [1.165, 1.54) is 6.07 Å². The van der Waals surface area contributed by atoms with Crippen molar-refractivity contribution in [2.75, 3.05) is 18.4 Å². The number of hydrogen-bond donors (Lipinski definition) is 1. The molecule has 2 aliphatic rings. The van der Waals surface area contributed by atoms with Crippen molar-refractivity contribution in [3.8, 4) is 11.4 Å². The number of nitrogens with zero attached hydrogens (tertiary/aromatic N) is 5. The number of pyridine rings is 2. The standard InChI is InChI=1S/C24H23F3N6O/c1-15-3-5-18(21-28-9-2-10-29-21)20(32-15)22(34)33-14-23(7-8-23)11-17(33)13-31-19-6-4-16(12-30-19)24(25,26)27/h2-6,9-10,12,17H,7-8,11,13-14H2,1H3,(H,30,31)/t17-/m0/s1. The summed E-state index contributed by atoms with van der Waals surface area (Å²) in [6.45, 7) is 2.84. The van der Waals surface area contributed by atoms with Gasteiger partial charge in [0.15, 0.2) is 5.82 Å². The van der Waals surface area contributed by atoms with Gasteiger partial charge in [-0.25, -0.2) is 19.9 Å². The normalized spacial score (nSPS) is 18.8. The summed E-state index contributed by atoms with van der Waals surface area (Å²) in [6, 6.07) is 7.52. The Balaban J connectivity index is 1.37. The van der Waals surface area contributed by atoms with Gasteiger partial charge >= 0.3 is 6.18 Å². The first-order chi connectivity index (χ1) is 16.2. The van der Waals surface area contributed by atoms with Crippen LogP contribution in [-0.4, -0.2) is 49.9 Å². The topological polar surface area (TPSA) is 83.9 Å². The summed E-state index contributed by atoms with van der Waals surface area (Å²) in [7, 11) is 0. The molecule has 1 saturated heterocycles. The fraction of sp³-hybridized carbons (Fsp3) is 0.375. The summed E-state index contributed by atoms with van der Waals surface area (Å²) in [5.74, 6) is 0.577. The molecule has 0 unspecified atom stereocenters. The zero-order valence-corrected chi connectivity index (χ0v) is 18.5. The number of halogens is 3. The molecule has 1 aliphatic heterocycles. The third-order valence-electron chi connectivity index (χ3n) is 6.49. The van der Waals surface area contributed by atoms with Gasteiger partial charge in [0.05, 0.1) is 11.1 Å². The van der Waals surface area contributed by atoms with Crippen molar-refractivity contribution in [3.63, 3.8) is 0 Å². The number of carbonyl (C=O) groups excluding carboxylic acids is 1. The van der Waals surface area contributed by atoms with Crippen molar-refractivity contribution in [1.29, 1.82) is 0 Å². The quantitative estimate of drug-likeness (QED) is 0.599. The van der Waals surface area contributed by atoms with E-state index in [2.05, 4.69) is 25.3 Å². The van der Waals surface area contributed by atoms with Gasteiger partial charge in [0, 0.05) is 43.4 Å². The number of alkyl halides is 3. The number of aryl methyl sites for hydroxylation is 1. The molecule has 0 aromatic carbocycles. The van der Waals surface area contributed by atoms with Crippen molar-refractivity contribution >= 4 is 11.7 Å². The van der Waals surface area contributed by atoms with Crippen LogP contribution < -0.4 is 5.32 Å². The maximum atomic E-state index is 13.7. The first kappa shape index (κ1) is 22.2. The van der Waals surface area contributed by atoms with Gasteiger partial charge in [-0.2, -0.15) is 13.2 Å². The smallest absolute Gasteiger partial charge is 0.368 e. The number of carbonyl (C=O) groups is 1. The van der Waals surface area contributed by atoms with Crippen LogP contribution in [0.3, 0.4) is 0 Å². The molecule has 1 aliphatic carbocycles. The maximum Gasteiger partial charge on any atom is 0.417 e. The first-order valence-corrected chi connectivity index (χ1v) is 11.1. The zero-order chi connectivity index (χ0) is 23.9. The molecule has 5 rings (SSSR count). The second kappa shape index (κ2) is 8.34. The maximum absolute atomic E-state index is 13.7. The van der Waals surface area contributed by atoms with Crippen LogP contribution in [0.2, 0.25) is 0 Å². The molecular weight excluding hydrogens is 445 g/mol. The number of likely N-dealkylation sites (tertiary alicyclic amines) is 1. The molecule has 3 aromatic rings. The van der Waals surface area contributed by atoms with Crippen LogP contribution in [0.5, 0.6) is 0 Å². The number of anilines is 1. The van der Waals surface area contributed by atoms with Gasteiger partial charge in [0.1, 0.15) is 11.5 Å². The van der Waals surface area contributed by atoms with Crippen LogP contribution in [0.25, 0.3) is 11.4 Å². The van der Waals surface area contributed by atoms with E-state index in [0.717, 1.165) is 31.5 Å². The molecule has 1 saturated carbocycles. The van der Waals surface area contributed by atoms with Gasteiger partial charge in [-0.05, 0) is 61.9 Å². The minimum atomic E-state index is -4.43. The summed E-state index contributed by atoms with van der Waals surface area (Å²) in [6.07, 6.45) is 2.56.